The van der Waals surface area contributed by atoms with Crippen molar-refractivity contribution in [3.8, 4) is 0 Å². The average Bonchev–Trinajstić information content (AvgIpc) is 3.24. The number of unbranched alkanes of at least 4 members (excludes halogenated alkanes) is 36. The fourth-order valence-corrected chi connectivity index (χ4v) is 7.94. The molecule has 0 heterocycles. The number of esters is 1. The molecule has 0 aromatic carbocycles. The highest BCUT2D eigenvalue weighted by atomic mass is 16.6. The number of aliphatic hydroxyl groups is 1. The Labute approximate surface area is 370 Å². The van der Waals surface area contributed by atoms with Crippen LogP contribution in [0.2, 0.25) is 0 Å². The van der Waals surface area contributed by atoms with Crippen LogP contribution in [0, 0.1) is 0 Å². The Bertz CT molecular complexity index is 878. The van der Waals surface area contributed by atoms with Crippen molar-refractivity contribution >= 4 is 5.97 Å². The Morgan fingerprint density at radius 1 is 0.407 bits per heavy atom. The van der Waals surface area contributed by atoms with E-state index in [0.29, 0.717) is 19.6 Å². The van der Waals surface area contributed by atoms with E-state index in [1.165, 1.54) is 238 Å². The molecule has 1 atom stereocenters. The van der Waals surface area contributed by atoms with Crippen LogP contribution in [0.15, 0.2) is 36.5 Å². The van der Waals surface area contributed by atoms with E-state index in [1.807, 2.05) is 0 Å². The molecule has 348 valence electrons. The Balaban J connectivity index is 3.38. The van der Waals surface area contributed by atoms with Crippen molar-refractivity contribution < 1.29 is 19.4 Å². The van der Waals surface area contributed by atoms with Crippen LogP contribution < -0.4 is 0 Å². The molecule has 0 saturated carbocycles. The summed E-state index contributed by atoms with van der Waals surface area (Å²) in [4.78, 5) is 12.3. The molecule has 0 aliphatic rings. The maximum atomic E-state index is 12.3. The quantitative estimate of drug-likeness (QED) is 0.0377. The van der Waals surface area contributed by atoms with Gasteiger partial charge in [-0.05, 0) is 70.6 Å². The first kappa shape index (κ1) is 57.6. The molecular formula is C55H104O4. The molecule has 0 aromatic heterocycles. The molecule has 1 unspecified atom stereocenters. The molecule has 4 nitrogen and oxygen atoms in total. The van der Waals surface area contributed by atoms with Gasteiger partial charge in [-0.15, -0.1) is 0 Å². The van der Waals surface area contributed by atoms with Crippen molar-refractivity contribution in [3.05, 3.63) is 36.5 Å². The molecule has 0 aliphatic carbocycles. The Morgan fingerprint density at radius 2 is 0.712 bits per heavy atom. The SMILES string of the molecule is CCCCCCC/C=C\C/C=C\CCCCCCCCCCCCOCC(CO)OC(=O)CCCCCCCCCCCCCCC/C=C\CCCCCCCCCC. The summed E-state index contributed by atoms with van der Waals surface area (Å²) in [7, 11) is 0. The molecule has 0 saturated heterocycles. The molecule has 0 rings (SSSR count). The number of carbonyl (C=O) groups excluding carboxylic acids is 1. The van der Waals surface area contributed by atoms with Gasteiger partial charge < -0.3 is 14.6 Å². The number of hydrogen-bond donors (Lipinski definition) is 1. The molecule has 4 heteroatoms. The maximum absolute atomic E-state index is 12.3. The zero-order valence-corrected chi connectivity index (χ0v) is 40.0. The lowest BCUT2D eigenvalue weighted by molar-refractivity contribution is -0.154. The fourth-order valence-electron chi connectivity index (χ4n) is 7.94. The summed E-state index contributed by atoms with van der Waals surface area (Å²) in [5, 5.41) is 9.66. The van der Waals surface area contributed by atoms with Crippen LogP contribution in [-0.4, -0.2) is 37.0 Å². The molecule has 0 bridgehead atoms. The van der Waals surface area contributed by atoms with E-state index in [0.717, 1.165) is 25.7 Å². The summed E-state index contributed by atoms with van der Waals surface area (Å²) < 4.78 is 11.2. The molecule has 0 aliphatic heterocycles. The molecule has 1 N–H and O–H groups in total. The summed E-state index contributed by atoms with van der Waals surface area (Å²) in [6, 6.07) is 0. The van der Waals surface area contributed by atoms with Crippen molar-refractivity contribution in [2.75, 3.05) is 19.8 Å². The van der Waals surface area contributed by atoms with Gasteiger partial charge in [0.1, 0.15) is 6.10 Å². The molecule has 59 heavy (non-hydrogen) atoms. The molecule has 0 fully saturated rings. The summed E-state index contributed by atoms with van der Waals surface area (Å²) in [6.07, 6.45) is 68.2. The van der Waals surface area contributed by atoms with E-state index in [9.17, 15) is 9.90 Å². The van der Waals surface area contributed by atoms with E-state index < -0.39 is 6.10 Å². The molecule has 0 amide bonds. The average molecular weight is 829 g/mol. The third-order valence-electron chi connectivity index (χ3n) is 11.9. The van der Waals surface area contributed by atoms with Crippen molar-refractivity contribution in [1.29, 1.82) is 0 Å². The van der Waals surface area contributed by atoms with Gasteiger partial charge in [-0.3, -0.25) is 4.79 Å². The lowest BCUT2D eigenvalue weighted by Crippen LogP contribution is -2.27. The summed E-state index contributed by atoms with van der Waals surface area (Å²) in [6.45, 7) is 5.37. The fraction of sp³-hybridized carbons (Fsp3) is 0.873. The number of aliphatic hydroxyl groups excluding tert-OH is 1. The molecule has 0 aromatic rings. The van der Waals surface area contributed by atoms with Crippen LogP contribution in [-0.2, 0) is 14.3 Å². The Hall–Kier alpha value is -1.39. The minimum Gasteiger partial charge on any atom is -0.457 e. The second kappa shape index (κ2) is 52.7. The van der Waals surface area contributed by atoms with Crippen molar-refractivity contribution in [2.45, 2.75) is 290 Å². The van der Waals surface area contributed by atoms with E-state index >= 15 is 0 Å². The highest BCUT2D eigenvalue weighted by Crippen LogP contribution is 2.16. The number of ether oxygens (including phenoxy) is 2. The van der Waals surface area contributed by atoms with Crippen LogP contribution in [0.3, 0.4) is 0 Å². The van der Waals surface area contributed by atoms with Crippen molar-refractivity contribution in [1.82, 2.24) is 0 Å². The molecule has 0 spiro atoms. The number of rotatable bonds is 50. The molecule has 0 radical (unpaired) electrons. The third kappa shape index (κ3) is 50.9. The van der Waals surface area contributed by atoms with Crippen LogP contribution >= 0.6 is 0 Å². The first-order valence-corrected chi connectivity index (χ1v) is 26.6. The van der Waals surface area contributed by atoms with Crippen LogP contribution in [0.4, 0.5) is 0 Å². The van der Waals surface area contributed by atoms with Crippen molar-refractivity contribution in [3.63, 3.8) is 0 Å². The van der Waals surface area contributed by atoms with Gasteiger partial charge in [0, 0.05) is 13.0 Å². The standard InChI is InChI=1S/C55H104O4/c1-3-5-7-9-11-13-15-17-19-21-23-25-27-28-29-30-32-34-36-38-40-42-44-46-48-50-55(57)59-54(52-56)53-58-51-49-47-45-43-41-39-37-35-33-31-26-24-22-20-18-16-14-12-10-8-6-4-2/h16,18,21-24,54,56H,3-15,17,19-20,25-53H2,1-2H3/b18-16-,23-21-,24-22-. The van der Waals surface area contributed by atoms with Crippen LogP contribution in [0.25, 0.3) is 0 Å². The summed E-state index contributed by atoms with van der Waals surface area (Å²) in [5.74, 6) is -0.197. The normalized spacial score (nSPS) is 12.5. The largest absolute Gasteiger partial charge is 0.457 e. The topological polar surface area (TPSA) is 55.8 Å². The predicted molar refractivity (Wildman–Crippen MR) is 260 cm³/mol. The number of allylic oxidation sites excluding steroid dienone is 6. The maximum Gasteiger partial charge on any atom is 0.306 e. The van der Waals surface area contributed by atoms with Gasteiger partial charge in [0.15, 0.2) is 0 Å². The van der Waals surface area contributed by atoms with Gasteiger partial charge >= 0.3 is 5.97 Å². The second-order valence-electron chi connectivity index (χ2n) is 17.9. The lowest BCUT2D eigenvalue weighted by atomic mass is 10.0. The Morgan fingerprint density at radius 3 is 1.07 bits per heavy atom. The Kier molecular flexibility index (Phi) is 51.5. The van der Waals surface area contributed by atoms with E-state index in [-0.39, 0.29) is 12.6 Å². The van der Waals surface area contributed by atoms with Crippen molar-refractivity contribution in [2.24, 2.45) is 0 Å². The van der Waals surface area contributed by atoms with Gasteiger partial charge in [0.2, 0.25) is 0 Å². The predicted octanol–water partition coefficient (Wildman–Crippen LogP) is 18.0. The number of hydrogen-bond acceptors (Lipinski definition) is 4. The smallest absolute Gasteiger partial charge is 0.306 e. The number of carbonyl (C=O) groups is 1. The van der Waals surface area contributed by atoms with Crippen LogP contribution in [0.1, 0.15) is 284 Å². The van der Waals surface area contributed by atoms with Gasteiger partial charge in [-0.25, -0.2) is 0 Å². The first-order valence-electron chi connectivity index (χ1n) is 26.6. The lowest BCUT2D eigenvalue weighted by Gasteiger charge is -2.16. The first-order chi connectivity index (χ1) is 29.2. The zero-order chi connectivity index (χ0) is 42.6. The highest BCUT2D eigenvalue weighted by Gasteiger charge is 2.13. The minimum absolute atomic E-state index is 0.170. The summed E-state index contributed by atoms with van der Waals surface area (Å²) >= 11 is 0. The van der Waals surface area contributed by atoms with Gasteiger partial charge in [-0.1, -0.05) is 243 Å². The monoisotopic (exact) mass is 829 g/mol. The highest BCUT2D eigenvalue weighted by molar-refractivity contribution is 5.69. The second-order valence-corrected chi connectivity index (χ2v) is 17.9. The van der Waals surface area contributed by atoms with Gasteiger partial charge in [0.05, 0.1) is 13.2 Å². The zero-order valence-electron chi connectivity index (χ0n) is 40.0. The van der Waals surface area contributed by atoms with E-state index in [2.05, 4.69) is 50.3 Å². The summed E-state index contributed by atoms with van der Waals surface area (Å²) in [5.41, 5.74) is 0. The van der Waals surface area contributed by atoms with E-state index in [4.69, 9.17) is 9.47 Å². The van der Waals surface area contributed by atoms with Gasteiger partial charge in [-0.2, -0.15) is 0 Å². The van der Waals surface area contributed by atoms with E-state index in [1.54, 1.807) is 0 Å². The third-order valence-corrected chi connectivity index (χ3v) is 11.9. The van der Waals surface area contributed by atoms with Gasteiger partial charge in [0.25, 0.3) is 0 Å². The minimum atomic E-state index is -0.535. The molecular weight excluding hydrogens is 725 g/mol. The van der Waals surface area contributed by atoms with Crippen LogP contribution in [0.5, 0.6) is 0 Å².